The van der Waals surface area contributed by atoms with Crippen molar-refractivity contribution in [3.8, 4) is 0 Å². The van der Waals surface area contributed by atoms with Gasteiger partial charge in [0.1, 0.15) is 13.2 Å². The first kappa shape index (κ1) is 64.1. The molecule has 0 unspecified atom stereocenters. The molecule has 0 saturated carbocycles. The number of hydrogen-bond donors (Lipinski definition) is 0. The van der Waals surface area contributed by atoms with E-state index in [1.807, 2.05) is 0 Å². The molecule has 0 radical (unpaired) electrons. The highest BCUT2D eigenvalue weighted by molar-refractivity contribution is 5.71. The molecule has 0 saturated heterocycles. The summed E-state index contributed by atoms with van der Waals surface area (Å²) in [5, 5.41) is 0. The highest BCUT2D eigenvalue weighted by Crippen LogP contribution is 2.16. The molecule has 0 bridgehead atoms. The summed E-state index contributed by atoms with van der Waals surface area (Å²) in [6.07, 6.45) is 69.4. The maximum absolute atomic E-state index is 12.8. The van der Waals surface area contributed by atoms with Gasteiger partial charge in [0.15, 0.2) is 6.10 Å². The summed E-state index contributed by atoms with van der Waals surface area (Å²) in [5.41, 5.74) is 0. The van der Waals surface area contributed by atoms with Gasteiger partial charge < -0.3 is 14.2 Å². The SMILES string of the molecule is CCCC/C=C\CCCCCCCC(=O)OC[C@@H](COC(=O)CCC/C=C\C/C=C\C/C=C\C/C=C\CCCCC)OC(=O)CCCCCCCCCCCCCCCCCCCCCCC. The summed E-state index contributed by atoms with van der Waals surface area (Å²) in [6.45, 7) is 6.55. The summed E-state index contributed by atoms with van der Waals surface area (Å²) < 4.78 is 16.8. The number of allylic oxidation sites excluding steroid dienone is 10. The molecule has 0 aromatic carbocycles. The van der Waals surface area contributed by atoms with E-state index in [4.69, 9.17) is 14.2 Å². The molecule has 0 aliphatic rings. The third-order valence-corrected chi connectivity index (χ3v) is 12.5. The average molecular weight is 938 g/mol. The Kier molecular flexibility index (Phi) is 53.3. The first-order valence-corrected chi connectivity index (χ1v) is 28.8. The monoisotopic (exact) mass is 937 g/mol. The van der Waals surface area contributed by atoms with Crippen molar-refractivity contribution in [2.45, 2.75) is 297 Å². The Bertz CT molecular complexity index is 1210. The molecule has 6 nitrogen and oxygen atoms in total. The summed E-state index contributed by atoms with van der Waals surface area (Å²) in [7, 11) is 0. The van der Waals surface area contributed by atoms with Gasteiger partial charge in [-0.2, -0.15) is 0 Å². The third-order valence-electron chi connectivity index (χ3n) is 12.5. The Labute approximate surface area is 415 Å². The Balaban J connectivity index is 4.36. The third kappa shape index (κ3) is 53.9. The van der Waals surface area contributed by atoms with Crippen LogP contribution in [0.4, 0.5) is 0 Å². The maximum Gasteiger partial charge on any atom is 0.306 e. The van der Waals surface area contributed by atoms with Crippen molar-refractivity contribution in [1.82, 2.24) is 0 Å². The second-order valence-electron chi connectivity index (χ2n) is 19.2. The first-order valence-electron chi connectivity index (χ1n) is 28.8. The van der Waals surface area contributed by atoms with Gasteiger partial charge in [0.05, 0.1) is 0 Å². The van der Waals surface area contributed by atoms with Crippen molar-refractivity contribution in [2.24, 2.45) is 0 Å². The molecule has 1 atom stereocenters. The summed E-state index contributed by atoms with van der Waals surface area (Å²) >= 11 is 0. The molecular formula is C61H108O6. The zero-order valence-electron chi connectivity index (χ0n) is 44.4. The van der Waals surface area contributed by atoms with E-state index in [1.54, 1.807) is 0 Å². The first-order chi connectivity index (χ1) is 33.0. The van der Waals surface area contributed by atoms with Gasteiger partial charge >= 0.3 is 17.9 Å². The average Bonchev–Trinajstić information content (AvgIpc) is 3.33. The van der Waals surface area contributed by atoms with E-state index in [2.05, 4.69) is 81.5 Å². The number of carbonyl (C=O) groups is 3. The molecule has 0 heterocycles. The van der Waals surface area contributed by atoms with E-state index in [0.29, 0.717) is 19.3 Å². The molecule has 0 N–H and O–H groups in total. The molecular weight excluding hydrogens is 829 g/mol. The fourth-order valence-corrected chi connectivity index (χ4v) is 8.12. The summed E-state index contributed by atoms with van der Waals surface area (Å²) in [5.74, 6) is -0.950. The van der Waals surface area contributed by atoms with Crippen LogP contribution in [-0.2, 0) is 28.6 Å². The zero-order valence-corrected chi connectivity index (χ0v) is 44.4. The van der Waals surface area contributed by atoms with Crippen molar-refractivity contribution in [2.75, 3.05) is 13.2 Å². The normalized spacial score (nSPS) is 12.5. The minimum absolute atomic E-state index is 0.0935. The Hall–Kier alpha value is -2.89. The van der Waals surface area contributed by atoms with E-state index in [-0.39, 0.29) is 37.5 Å². The fraction of sp³-hybridized carbons (Fsp3) is 0.787. The summed E-state index contributed by atoms with van der Waals surface area (Å²) in [6, 6.07) is 0. The van der Waals surface area contributed by atoms with E-state index in [0.717, 1.165) is 70.6 Å². The number of ether oxygens (including phenoxy) is 3. The van der Waals surface area contributed by atoms with Crippen LogP contribution in [0, 0.1) is 0 Å². The van der Waals surface area contributed by atoms with Crippen molar-refractivity contribution in [3.63, 3.8) is 0 Å². The number of unbranched alkanes of at least 4 members (excludes halogenated alkanes) is 31. The quantitative estimate of drug-likeness (QED) is 0.0262. The molecule has 0 aromatic heterocycles. The largest absolute Gasteiger partial charge is 0.462 e. The Morgan fingerprint density at radius 1 is 0.299 bits per heavy atom. The van der Waals surface area contributed by atoms with Crippen LogP contribution in [0.2, 0.25) is 0 Å². The van der Waals surface area contributed by atoms with Crippen LogP contribution in [0.15, 0.2) is 60.8 Å². The van der Waals surface area contributed by atoms with Gasteiger partial charge in [0.25, 0.3) is 0 Å². The predicted molar refractivity (Wildman–Crippen MR) is 288 cm³/mol. The maximum atomic E-state index is 12.8. The van der Waals surface area contributed by atoms with Crippen molar-refractivity contribution in [1.29, 1.82) is 0 Å². The van der Waals surface area contributed by atoms with Gasteiger partial charge in [-0.25, -0.2) is 0 Å². The van der Waals surface area contributed by atoms with E-state index in [1.165, 1.54) is 173 Å². The minimum atomic E-state index is -0.797. The van der Waals surface area contributed by atoms with Gasteiger partial charge in [-0.05, 0) is 77.0 Å². The van der Waals surface area contributed by atoms with Crippen LogP contribution in [0.1, 0.15) is 290 Å². The second kappa shape index (κ2) is 55.7. The number of esters is 3. The minimum Gasteiger partial charge on any atom is -0.462 e. The highest BCUT2D eigenvalue weighted by Gasteiger charge is 2.19. The Morgan fingerprint density at radius 2 is 0.567 bits per heavy atom. The zero-order chi connectivity index (χ0) is 48.6. The lowest BCUT2D eigenvalue weighted by molar-refractivity contribution is -0.167. The van der Waals surface area contributed by atoms with Gasteiger partial charge in [0, 0.05) is 19.3 Å². The highest BCUT2D eigenvalue weighted by atomic mass is 16.6. The lowest BCUT2D eigenvalue weighted by Gasteiger charge is -2.18. The van der Waals surface area contributed by atoms with Crippen LogP contribution < -0.4 is 0 Å². The molecule has 388 valence electrons. The van der Waals surface area contributed by atoms with Crippen LogP contribution in [0.3, 0.4) is 0 Å². The lowest BCUT2D eigenvalue weighted by Crippen LogP contribution is -2.30. The molecule has 0 amide bonds. The smallest absolute Gasteiger partial charge is 0.306 e. The van der Waals surface area contributed by atoms with Crippen LogP contribution in [0.5, 0.6) is 0 Å². The number of hydrogen-bond acceptors (Lipinski definition) is 6. The van der Waals surface area contributed by atoms with Crippen molar-refractivity contribution in [3.05, 3.63) is 60.8 Å². The van der Waals surface area contributed by atoms with E-state index >= 15 is 0 Å². The molecule has 0 rings (SSSR count). The predicted octanol–water partition coefficient (Wildman–Crippen LogP) is 19.2. The molecule has 0 aliphatic carbocycles. The molecule has 0 fully saturated rings. The van der Waals surface area contributed by atoms with Crippen LogP contribution in [0.25, 0.3) is 0 Å². The van der Waals surface area contributed by atoms with Gasteiger partial charge in [-0.15, -0.1) is 0 Å². The van der Waals surface area contributed by atoms with Gasteiger partial charge in [0.2, 0.25) is 0 Å². The number of carbonyl (C=O) groups excluding carboxylic acids is 3. The van der Waals surface area contributed by atoms with Crippen molar-refractivity contribution < 1.29 is 28.6 Å². The topological polar surface area (TPSA) is 78.9 Å². The molecule has 0 spiro atoms. The van der Waals surface area contributed by atoms with E-state index < -0.39 is 6.10 Å². The number of rotatable bonds is 52. The molecule has 6 heteroatoms. The van der Waals surface area contributed by atoms with Gasteiger partial charge in [-0.3, -0.25) is 14.4 Å². The fourth-order valence-electron chi connectivity index (χ4n) is 8.12. The molecule has 0 aliphatic heterocycles. The molecule has 67 heavy (non-hydrogen) atoms. The van der Waals surface area contributed by atoms with Crippen LogP contribution >= 0.6 is 0 Å². The van der Waals surface area contributed by atoms with E-state index in [9.17, 15) is 14.4 Å². The van der Waals surface area contributed by atoms with Crippen molar-refractivity contribution >= 4 is 17.9 Å². The van der Waals surface area contributed by atoms with Crippen LogP contribution in [-0.4, -0.2) is 37.2 Å². The summed E-state index contributed by atoms with van der Waals surface area (Å²) in [4.78, 5) is 38.1. The lowest BCUT2D eigenvalue weighted by atomic mass is 10.0. The standard InChI is InChI=1S/C61H108O6/c1-4-7-10-13-16-19-22-24-26-28-29-30-31-33-35-37-40-43-46-49-52-55-61(64)67-58(56-65-59(62)53-50-47-44-41-38-21-18-15-12-9-6-3)57-66-60(63)54-51-48-45-42-39-36-34-32-27-25-23-20-17-14-11-8-5-2/h15,17-18,20,25,27,34,36,42,45,58H,4-14,16,19,21-24,26,28-33,35,37-41,43-44,46-57H2,1-3H3/b18-15-,20-17-,27-25-,36-34-,45-42-/t58-/m0/s1. The Morgan fingerprint density at radius 3 is 0.985 bits per heavy atom. The second-order valence-corrected chi connectivity index (χ2v) is 19.2. The molecule has 0 aromatic rings. The van der Waals surface area contributed by atoms with Gasteiger partial charge in [-0.1, -0.05) is 255 Å².